The lowest BCUT2D eigenvalue weighted by Crippen LogP contribution is -2.33. The van der Waals surface area contributed by atoms with Gasteiger partial charge in [0.25, 0.3) is 0 Å². The van der Waals surface area contributed by atoms with Crippen LogP contribution in [0, 0.1) is 5.92 Å². The van der Waals surface area contributed by atoms with Gasteiger partial charge in [-0.25, -0.2) is 0 Å². The van der Waals surface area contributed by atoms with Gasteiger partial charge < -0.3 is 0 Å². The lowest BCUT2D eigenvalue weighted by molar-refractivity contribution is 0.192. The number of hydrogen-bond donors (Lipinski definition) is 0. The van der Waals surface area contributed by atoms with E-state index in [4.69, 9.17) is 0 Å². The second-order valence-corrected chi connectivity index (χ2v) is 4.93. The fourth-order valence-corrected chi connectivity index (χ4v) is 3.66. The summed E-state index contributed by atoms with van der Waals surface area (Å²) in [5.74, 6) is 0.946. The number of hydrogen-bond acceptors (Lipinski definition) is 1. The van der Waals surface area contributed by atoms with Crippen molar-refractivity contribution in [2.75, 3.05) is 0 Å². The molecule has 0 aliphatic carbocycles. The minimum Gasteiger partial charge on any atom is -0.289 e. The van der Waals surface area contributed by atoms with E-state index in [0.717, 1.165) is 18.0 Å². The quantitative estimate of drug-likeness (QED) is 0.543. The van der Waals surface area contributed by atoms with Gasteiger partial charge in [-0.2, -0.15) is 0 Å². The summed E-state index contributed by atoms with van der Waals surface area (Å²) in [4.78, 5) is 2.73. The predicted molar refractivity (Wildman–Crippen MR) is 52.2 cm³/mol. The van der Waals surface area contributed by atoms with Crippen LogP contribution < -0.4 is 0 Å². The Morgan fingerprint density at radius 1 is 1.33 bits per heavy atom. The van der Waals surface area contributed by atoms with E-state index in [2.05, 4.69) is 32.6 Å². The van der Waals surface area contributed by atoms with Crippen molar-refractivity contribution in [3.05, 3.63) is 0 Å². The third kappa shape index (κ3) is 0.891. The van der Waals surface area contributed by atoms with Crippen molar-refractivity contribution >= 4 is 0 Å². The van der Waals surface area contributed by atoms with Gasteiger partial charge in [0.1, 0.15) is 0 Å². The molecule has 5 unspecified atom stereocenters. The summed E-state index contributed by atoms with van der Waals surface area (Å²) in [7, 11) is 0. The van der Waals surface area contributed by atoms with E-state index in [1.807, 2.05) is 0 Å². The van der Waals surface area contributed by atoms with Gasteiger partial charge in [0.2, 0.25) is 0 Å². The smallest absolute Gasteiger partial charge is 0.0368 e. The lowest BCUT2D eigenvalue weighted by atomic mass is 9.84. The van der Waals surface area contributed by atoms with Gasteiger partial charge in [-0.15, -0.1) is 0 Å². The maximum absolute atomic E-state index is 2.73. The Bertz CT molecular complexity index is 185. The van der Waals surface area contributed by atoms with Crippen LogP contribution in [0.25, 0.3) is 0 Å². The van der Waals surface area contributed by atoms with Crippen molar-refractivity contribution in [1.29, 1.82) is 0 Å². The monoisotopic (exact) mass is 167 g/mol. The van der Waals surface area contributed by atoms with Crippen LogP contribution in [0.15, 0.2) is 0 Å². The third-order valence-electron chi connectivity index (χ3n) is 4.17. The Kier molecular flexibility index (Phi) is 1.76. The van der Waals surface area contributed by atoms with Crippen LogP contribution in [0.3, 0.4) is 0 Å². The Morgan fingerprint density at radius 2 is 2.00 bits per heavy atom. The molecule has 5 atom stereocenters. The molecular weight excluding hydrogens is 146 g/mol. The highest BCUT2D eigenvalue weighted by Crippen LogP contribution is 2.54. The average Bonchev–Trinajstić information content (AvgIpc) is 2.57. The van der Waals surface area contributed by atoms with E-state index in [1.54, 1.807) is 0 Å². The molecule has 0 radical (unpaired) electrons. The van der Waals surface area contributed by atoms with Crippen LogP contribution in [0.2, 0.25) is 0 Å². The highest BCUT2D eigenvalue weighted by molar-refractivity contribution is 5.18. The number of piperidine rings is 1. The Balaban J connectivity index is 2.15. The highest BCUT2D eigenvalue weighted by atomic mass is 15.4. The van der Waals surface area contributed by atoms with Crippen LogP contribution in [-0.4, -0.2) is 22.5 Å². The van der Waals surface area contributed by atoms with Crippen LogP contribution in [0.1, 0.15) is 47.0 Å². The molecule has 0 aromatic carbocycles. The predicted octanol–water partition coefficient (Wildman–Crippen LogP) is 2.66. The first-order valence-corrected chi connectivity index (χ1v) is 5.40. The van der Waals surface area contributed by atoms with Crippen molar-refractivity contribution in [3.8, 4) is 0 Å². The van der Waals surface area contributed by atoms with E-state index in [1.165, 1.54) is 19.3 Å². The molecule has 70 valence electrons. The van der Waals surface area contributed by atoms with E-state index in [-0.39, 0.29) is 0 Å². The van der Waals surface area contributed by atoms with Gasteiger partial charge in [0.05, 0.1) is 0 Å². The fraction of sp³-hybridized carbons (Fsp3) is 1.00. The minimum absolute atomic E-state index is 0.622. The van der Waals surface area contributed by atoms with Crippen molar-refractivity contribution in [1.82, 2.24) is 4.90 Å². The minimum atomic E-state index is 0.622. The summed E-state index contributed by atoms with van der Waals surface area (Å²) < 4.78 is 0. The SMILES string of the molecule is CCC12CC(C)CC(C)N1C2C. The van der Waals surface area contributed by atoms with Crippen LogP contribution in [-0.2, 0) is 0 Å². The van der Waals surface area contributed by atoms with Crippen LogP contribution in [0.4, 0.5) is 0 Å². The van der Waals surface area contributed by atoms with Crippen LogP contribution >= 0.6 is 0 Å². The van der Waals surface area contributed by atoms with Crippen molar-refractivity contribution in [2.24, 2.45) is 5.92 Å². The number of fused-ring (bicyclic) bond motifs is 1. The summed E-state index contributed by atoms with van der Waals surface area (Å²) in [6.45, 7) is 9.55. The molecule has 2 heterocycles. The largest absolute Gasteiger partial charge is 0.289 e. The van der Waals surface area contributed by atoms with Crippen molar-refractivity contribution < 1.29 is 0 Å². The Morgan fingerprint density at radius 3 is 2.58 bits per heavy atom. The van der Waals surface area contributed by atoms with E-state index < -0.39 is 0 Å². The molecule has 2 rings (SSSR count). The molecule has 0 saturated carbocycles. The third-order valence-corrected chi connectivity index (χ3v) is 4.17. The normalized spacial score (nSPS) is 58.0. The second kappa shape index (κ2) is 2.47. The van der Waals surface area contributed by atoms with Gasteiger partial charge in [0.15, 0.2) is 0 Å². The summed E-state index contributed by atoms with van der Waals surface area (Å²) in [5, 5.41) is 0. The molecule has 0 spiro atoms. The van der Waals surface area contributed by atoms with Gasteiger partial charge >= 0.3 is 0 Å². The summed E-state index contributed by atoms with van der Waals surface area (Å²) in [6, 6.07) is 1.70. The molecule has 2 fully saturated rings. The van der Waals surface area contributed by atoms with Crippen molar-refractivity contribution in [2.45, 2.75) is 64.6 Å². The first-order valence-electron chi connectivity index (χ1n) is 5.40. The van der Waals surface area contributed by atoms with E-state index in [9.17, 15) is 0 Å². The molecule has 0 aromatic rings. The van der Waals surface area contributed by atoms with Crippen LogP contribution in [0.5, 0.6) is 0 Å². The fourth-order valence-electron chi connectivity index (χ4n) is 3.66. The zero-order valence-electron chi connectivity index (χ0n) is 8.80. The Labute approximate surface area is 76.1 Å². The van der Waals surface area contributed by atoms with Gasteiger partial charge in [-0.1, -0.05) is 13.8 Å². The summed E-state index contributed by atoms with van der Waals surface area (Å²) >= 11 is 0. The maximum Gasteiger partial charge on any atom is 0.0368 e. The molecular formula is C11H21N. The summed E-state index contributed by atoms with van der Waals surface area (Å²) in [6.07, 6.45) is 4.20. The first-order chi connectivity index (χ1) is 5.62. The summed E-state index contributed by atoms with van der Waals surface area (Å²) in [5.41, 5.74) is 0.622. The number of nitrogens with zero attached hydrogens (tertiary/aromatic N) is 1. The zero-order chi connectivity index (χ0) is 8.93. The molecule has 0 N–H and O–H groups in total. The topological polar surface area (TPSA) is 3.01 Å². The van der Waals surface area contributed by atoms with E-state index in [0.29, 0.717) is 5.54 Å². The molecule has 0 amide bonds. The molecule has 2 aliphatic heterocycles. The van der Waals surface area contributed by atoms with Gasteiger partial charge in [-0.05, 0) is 39.0 Å². The molecule has 12 heavy (non-hydrogen) atoms. The Hall–Kier alpha value is -0.0400. The molecule has 2 aliphatic rings. The second-order valence-electron chi connectivity index (χ2n) is 4.93. The van der Waals surface area contributed by atoms with Gasteiger partial charge in [0, 0.05) is 17.6 Å². The first kappa shape index (κ1) is 8.55. The molecule has 2 saturated heterocycles. The highest BCUT2D eigenvalue weighted by Gasteiger charge is 2.62. The van der Waals surface area contributed by atoms with Crippen molar-refractivity contribution in [3.63, 3.8) is 0 Å². The standard InChI is InChI=1S/C11H21N/c1-5-11-7-8(2)6-9(3)12(11)10(11)4/h8-10H,5-7H2,1-4H3. The molecule has 0 bridgehead atoms. The van der Waals surface area contributed by atoms with E-state index >= 15 is 0 Å². The molecule has 1 heteroatoms. The zero-order valence-corrected chi connectivity index (χ0v) is 8.80. The number of rotatable bonds is 1. The maximum atomic E-state index is 2.73. The van der Waals surface area contributed by atoms with Gasteiger partial charge in [-0.3, -0.25) is 4.90 Å². The molecule has 1 nitrogen and oxygen atoms in total. The molecule has 0 aromatic heterocycles. The lowest BCUT2D eigenvalue weighted by Gasteiger charge is -2.31. The average molecular weight is 167 g/mol.